The molecule has 0 spiro atoms. The van der Waals surface area contributed by atoms with Gasteiger partial charge in [0.15, 0.2) is 11.5 Å². The lowest BCUT2D eigenvalue weighted by atomic mass is 9.96. The number of likely N-dealkylation sites (tertiary alicyclic amines) is 1. The second-order valence-electron chi connectivity index (χ2n) is 5.83. The molecule has 0 aromatic heterocycles. The van der Waals surface area contributed by atoms with Gasteiger partial charge in [-0.05, 0) is 49.5 Å². The first-order valence-corrected chi connectivity index (χ1v) is 7.54. The summed E-state index contributed by atoms with van der Waals surface area (Å²) < 4.78 is 11.1. The summed E-state index contributed by atoms with van der Waals surface area (Å²) in [5.41, 5.74) is 0.918. The number of hydrogen-bond donors (Lipinski definition) is 1. The van der Waals surface area contributed by atoms with Crippen molar-refractivity contribution in [3.05, 3.63) is 23.8 Å². The van der Waals surface area contributed by atoms with Crippen LogP contribution in [-0.2, 0) is 0 Å². The third kappa shape index (κ3) is 2.91. The van der Waals surface area contributed by atoms with Crippen molar-refractivity contribution in [3.8, 4) is 11.5 Å². The highest BCUT2D eigenvalue weighted by Gasteiger charge is 2.23. The first-order valence-electron chi connectivity index (χ1n) is 7.54. The van der Waals surface area contributed by atoms with Crippen molar-refractivity contribution in [1.29, 1.82) is 0 Å². The minimum Gasteiger partial charge on any atom is -0.486 e. The standard InChI is InChI=1S/C16H23NO3/c1-12(11-17-6-2-3-7-17)16(18)13-4-5-14-15(10-13)20-9-8-19-14/h4-5,10,12,16,18H,2-3,6-9,11H2,1H3/t12-,16+/m1/s1. The lowest BCUT2D eigenvalue weighted by Crippen LogP contribution is -2.28. The van der Waals surface area contributed by atoms with Gasteiger partial charge in [-0.1, -0.05) is 13.0 Å². The number of nitrogens with zero attached hydrogens (tertiary/aromatic N) is 1. The highest BCUT2D eigenvalue weighted by molar-refractivity contribution is 5.44. The van der Waals surface area contributed by atoms with E-state index in [9.17, 15) is 5.11 Å². The molecule has 0 aliphatic carbocycles. The molecule has 110 valence electrons. The van der Waals surface area contributed by atoms with Crippen molar-refractivity contribution in [2.24, 2.45) is 5.92 Å². The van der Waals surface area contributed by atoms with Crippen LogP contribution in [0, 0.1) is 5.92 Å². The van der Waals surface area contributed by atoms with E-state index >= 15 is 0 Å². The Kier molecular flexibility index (Phi) is 4.13. The molecular formula is C16H23NO3. The lowest BCUT2D eigenvalue weighted by molar-refractivity contribution is 0.0937. The Balaban J connectivity index is 1.67. The molecule has 1 saturated heterocycles. The van der Waals surface area contributed by atoms with E-state index in [4.69, 9.17) is 9.47 Å². The molecule has 2 atom stereocenters. The van der Waals surface area contributed by atoms with Crippen LogP contribution in [0.15, 0.2) is 18.2 Å². The van der Waals surface area contributed by atoms with Gasteiger partial charge in [0.05, 0.1) is 6.10 Å². The molecule has 3 rings (SSSR count). The molecule has 2 aliphatic heterocycles. The maximum absolute atomic E-state index is 10.5. The molecule has 0 unspecified atom stereocenters. The van der Waals surface area contributed by atoms with E-state index in [0.29, 0.717) is 13.2 Å². The SMILES string of the molecule is C[C@H](CN1CCCC1)[C@H](O)c1ccc2c(c1)OCCO2. The Hall–Kier alpha value is -1.26. The summed E-state index contributed by atoms with van der Waals surface area (Å²) in [6.45, 7) is 6.57. The highest BCUT2D eigenvalue weighted by atomic mass is 16.6. The van der Waals surface area contributed by atoms with E-state index < -0.39 is 6.10 Å². The van der Waals surface area contributed by atoms with Crippen molar-refractivity contribution in [2.75, 3.05) is 32.8 Å². The van der Waals surface area contributed by atoms with Crippen LogP contribution in [0.1, 0.15) is 31.4 Å². The van der Waals surface area contributed by atoms with E-state index in [-0.39, 0.29) is 5.92 Å². The summed E-state index contributed by atoms with van der Waals surface area (Å²) in [5, 5.41) is 10.5. The third-order valence-electron chi connectivity index (χ3n) is 4.19. The maximum atomic E-state index is 10.5. The Morgan fingerprint density at radius 2 is 1.85 bits per heavy atom. The molecule has 1 fully saturated rings. The molecule has 0 radical (unpaired) electrons. The molecule has 4 nitrogen and oxygen atoms in total. The highest BCUT2D eigenvalue weighted by Crippen LogP contribution is 2.34. The molecule has 2 heterocycles. The second-order valence-corrected chi connectivity index (χ2v) is 5.83. The fraction of sp³-hybridized carbons (Fsp3) is 0.625. The van der Waals surface area contributed by atoms with Gasteiger partial charge in [-0.3, -0.25) is 0 Å². The van der Waals surface area contributed by atoms with Gasteiger partial charge < -0.3 is 19.5 Å². The molecule has 1 aromatic rings. The zero-order valence-electron chi connectivity index (χ0n) is 12.0. The number of hydrogen-bond acceptors (Lipinski definition) is 4. The summed E-state index contributed by atoms with van der Waals surface area (Å²) in [4.78, 5) is 2.44. The van der Waals surface area contributed by atoms with Gasteiger partial charge >= 0.3 is 0 Å². The third-order valence-corrected chi connectivity index (χ3v) is 4.19. The van der Waals surface area contributed by atoms with Crippen LogP contribution in [0.4, 0.5) is 0 Å². The molecule has 1 N–H and O–H groups in total. The molecule has 0 bridgehead atoms. The fourth-order valence-corrected chi connectivity index (χ4v) is 3.04. The molecular weight excluding hydrogens is 254 g/mol. The van der Waals surface area contributed by atoms with E-state index in [1.165, 1.54) is 12.8 Å². The Labute approximate surface area is 120 Å². The normalized spacial score (nSPS) is 21.7. The average molecular weight is 277 g/mol. The predicted molar refractivity (Wildman–Crippen MR) is 77.2 cm³/mol. The van der Waals surface area contributed by atoms with Gasteiger partial charge in [-0.2, -0.15) is 0 Å². The van der Waals surface area contributed by atoms with Crippen molar-refractivity contribution in [2.45, 2.75) is 25.9 Å². The summed E-state index contributed by atoms with van der Waals surface area (Å²) in [6.07, 6.45) is 2.12. The van der Waals surface area contributed by atoms with Crippen LogP contribution in [0.2, 0.25) is 0 Å². The minimum atomic E-state index is -0.452. The van der Waals surface area contributed by atoms with E-state index in [1.54, 1.807) is 0 Å². The fourth-order valence-electron chi connectivity index (χ4n) is 3.04. The minimum absolute atomic E-state index is 0.218. The monoisotopic (exact) mass is 277 g/mol. The molecule has 0 saturated carbocycles. The maximum Gasteiger partial charge on any atom is 0.161 e. The van der Waals surface area contributed by atoms with Gasteiger partial charge in [0.1, 0.15) is 13.2 Å². The summed E-state index contributed by atoms with van der Waals surface area (Å²) in [5.74, 6) is 1.75. The van der Waals surface area contributed by atoms with Crippen molar-refractivity contribution < 1.29 is 14.6 Å². The van der Waals surface area contributed by atoms with Crippen molar-refractivity contribution in [3.63, 3.8) is 0 Å². The van der Waals surface area contributed by atoms with Crippen LogP contribution in [0.25, 0.3) is 0 Å². The van der Waals surface area contributed by atoms with Crippen molar-refractivity contribution >= 4 is 0 Å². The van der Waals surface area contributed by atoms with E-state index in [1.807, 2.05) is 18.2 Å². The largest absolute Gasteiger partial charge is 0.486 e. The first kappa shape index (κ1) is 13.7. The molecule has 0 amide bonds. The number of fused-ring (bicyclic) bond motifs is 1. The number of aliphatic hydroxyl groups is 1. The van der Waals surface area contributed by atoms with E-state index in [2.05, 4.69) is 11.8 Å². The molecule has 4 heteroatoms. The quantitative estimate of drug-likeness (QED) is 0.916. The Bertz CT molecular complexity index is 457. The lowest BCUT2D eigenvalue weighted by Gasteiger charge is -2.26. The molecule has 2 aliphatic rings. The average Bonchev–Trinajstić information content (AvgIpc) is 2.99. The van der Waals surface area contributed by atoms with Crippen LogP contribution in [-0.4, -0.2) is 42.9 Å². The predicted octanol–water partition coefficient (Wildman–Crippen LogP) is 2.22. The molecule has 20 heavy (non-hydrogen) atoms. The zero-order chi connectivity index (χ0) is 13.9. The topological polar surface area (TPSA) is 41.9 Å². The number of ether oxygens (including phenoxy) is 2. The zero-order valence-corrected chi connectivity index (χ0v) is 12.0. The molecule has 1 aromatic carbocycles. The summed E-state index contributed by atoms with van der Waals surface area (Å²) in [6, 6.07) is 5.76. The van der Waals surface area contributed by atoms with Crippen LogP contribution < -0.4 is 9.47 Å². The van der Waals surface area contributed by atoms with Gasteiger partial charge in [0, 0.05) is 6.54 Å². The Morgan fingerprint density at radius 1 is 1.15 bits per heavy atom. The van der Waals surface area contributed by atoms with Gasteiger partial charge in [0.25, 0.3) is 0 Å². The van der Waals surface area contributed by atoms with Crippen LogP contribution >= 0.6 is 0 Å². The van der Waals surface area contributed by atoms with Crippen LogP contribution in [0.3, 0.4) is 0 Å². The summed E-state index contributed by atoms with van der Waals surface area (Å²) in [7, 11) is 0. The number of benzene rings is 1. The first-order chi connectivity index (χ1) is 9.74. The summed E-state index contributed by atoms with van der Waals surface area (Å²) >= 11 is 0. The van der Waals surface area contributed by atoms with Crippen LogP contribution in [0.5, 0.6) is 11.5 Å². The second kappa shape index (κ2) is 6.02. The van der Waals surface area contributed by atoms with Gasteiger partial charge in [0.2, 0.25) is 0 Å². The van der Waals surface area contributed by atoms with Crippen molar-refractivity contribution in [1.82, 2.24) is 4.90 Å². The smallest absolute Gasteiger partial charge is 0.161 e. The van der Waals surface area contributed by atoms with Gasteiger partial charge in [-0.15, -0.1) is 0 Å². The number of rotatable bonds is 4. The number of aliphatic hydroxyl groups excluding tert-OH is 1. The van der Waals surface area contributed by atoms with Gasteiger partial charge in [-0.25, -0.2) is 0 Å². The van der Waals surface area contributed by atoms with E-state index in [0.717, 1.165) is 36.7 Å². The Morgan fingerprint density at radius 3 is 2.60 bits per heavy atom.